The summed E-state index contributed by atoms with van der Waals surface area (Å²) in [4.78, 5) is 26.5. The molecule has 1 aromatic carbocycles. The van der Waals surface area contributed by atoms with Crippen LogP contribution in [0, 0.1) is 24.7 Å². The molecule has 0 saturated carbocycles. The van der Waals surface area contributed by atoms with Gasteiger partial charge in [0.15, 0.2) is 0 Å². The Balaban J connectivity index is 0.00000174. The minimum absolute atomic E-state index is 0.0793. The smallest absolute Gasteiger partial charge is 0.239 e. The fraction of sp³-hybridized carbons (Fsp3) is 0.643. The quantitative estimate of drug-likeness (QED) is 0.339. The van der Waals surface area contributed by atoms with Crippen molar-refractivity contribution in [3.8, 4) is 12.8 Å². The molecule has 1 heterocycles. The Labute approximate surface area is 213 Å². The summed E-state index contributed by atoms with van der Waals surface area (Å²) in [6, 6.07) is 9.34. The van der Waals surface area contributed by atoms with E-state index in [1.807, 2.05) is 30.3 Å². The third kappa shape index (κ3) is 17.7. The van der Waals surface area contributed by atoms with Crippen molar-refractivity contribution >= 4 is 11.8 Å². The van der Waals surface area contributed by atoms with E-state index in [0.717, 1.165) is 44.0 Å². The number of carbonyl (C=O) groups excluding carboxylic acids is 2. The largest absolute Gasteiger partial charge is 0.390 e. The third-order valence-corrected chi connectivity index (χ3v) is 5.03. The van der Waals surface area contributed by atoms with Gasteiger partial charge in [0.05, 0.1) is 25.2 Å². The Hall–Kier alpha value is -2.40. The molecular weight excluding hydrogens is 440 g/mol. The van der Waals surface area contributed by atoms with Crippen molar-refractivity contribution in [3.63, 3.8) is 0 Å². The van der Waals surface area contributed by atoms with Gasteiger partial charge >= 0.3 is 0 Å². The van der Waals surface area contributed by atoms with Gasteiger partial charge in [0.2, 0.25) is 11.8 Å². The average Bonchev–Trinajstić information content (AvgIpc) is 3.31. The van der Waals surface area contributed by atoms with Crippen LogP contribution in [0.4, 0.5) is 0 Å². The fourth-order valence-electron chi connectivity index (χ4n) is 3.45. The third-order valence-electron chi connectivity index (χ3n) is 5.03. The number of likely N-dealkylation sites (tertiary alicyclic amines) is 1. The lowest BCUT2D eigenvalue weighted by atomic mass is 10.0. The Morgan fingerprint density at radius 1 is 0.971 bits per heavy atom. The van der Waals surface area contributed by atoms with Gasteiger partial charge < -0.3 is 21.1 Å². The van der Waals surface area contributed by atoms with Gasteiger partial charge in [0.25, 0.3) is 0 Å². The first kappa shape index (κ1) is 32.6. The van der Waals surface area contributed by atoms with Gasteiger partial charge in [-0.2, -0.15) is 0 Å². The zero-order chi connectivity index (χ0) is 26.6. The van der Waals surface area contributed by atoms with Crippen molar-refractivity contribution in [3.05, 3.63) is 35.9 Å². The first-order valence-electron chi connectivity index (χ1n) is 12.7. The SMILES string of the molecule is C#C.CC(C)C.CC(C)CNC[C@@H](O)[C@H](Cc1ccccc1)NC(=O)CNC(=O)CN1CCCC1. The van der Waals surface area contributed by atoms with Crippen LogP contribution >= 0.6 is 0 Å². The van der Waals surface area contributed by atoms with Gasteiger partial charge in [-0.15, -0.1) is 12.8 Å². The maximum Gasteiger partial charge on any atom is 0.239 e. The summed E-state index contributed by atoms with van der Waals surface area (Å²) in [5.74, 6) is 0.889. The van der Waals surface area contributed by atoms with Crippen LogP contribution in [0.15, 0.2) is 30.3 Å². The molecule has 1 fully saturated rings. The van der Waals surface area contributed by atoms with Crippen LogP contribution in [-0.4, -0.2) is 73.2 Å². The first-order chi connectivity index (χ1) is 16.7. The number of carbonyl (C=O) groups is 2. The maximum atomic E-state index is 12.4. The van der Waals surface area contributed by atoms with E-state index in [1.54, 1.807) is 0 Å². The van der Waals surface area contributed by atoms with E-state index < -0.39 is 12.1 Å². The van der Waals surface area contributed by atoms with Crippen molar-refractivity contribution in [1.82, 2.24) is 20.9 Å². The molecule has 2 atom stereocenters. The van der Waals surface area contributed by atoms with Crippen LogP contribution < -0.4 is 16.0 Å². The molecule has 1 saturated heterocycles. The number of amides is 2. The Morgan fingerprint density at radius 2 is 1.54 bits per heavy atom. The number of nitrogens with zero attached hydrogens (tertiary/aromatic N) is 1. The summed E-state index contributed by atoms with van der Waals surface area (Å²) in [5, 5.41) is 19.4. The molecule has 35 heavy (non-hydrogen) atoms. The van der Waals surface area contributed by atoms with Crippen molar-refractivity contribution in [1.29, 1.82) is 0 Å². The minimum atomic E-state index is -0.724. The van der Waals surface area contributed by atoms with Crippen LogP contribution in [0.25, 0.3) is 0 Å². The van der Waals surface area contributed by atoms with Crippen LogP contribution in [0.2, 0.25) is 0 Å². The number of nitrogens with one attached hydrogen (secondary N) is 3. The number of aliphatic hydroxyl groups is 1. The highest BCUT2D eigenvalue weighted by Crippen LogP contribution is 2.07. The van der Waals surface area contributed by atoms with Gasteiger partial charge in [0.1, 0.15) is 0 Å². The second-order valence-corrected chi connectivity index (χ2v) is 9.98. The van der Waals surface area contributed by atoms with Gasteiger partial charge in [-0.05, 0) is 56.3 Å². The second-order valence-electron chi connectivity index (χ2n) is 9.98. The van der Waals surface area contributed by atoms with E-state index >= 15 is 0 Å². The molecule has 7 heteroatoms. The molecule has 0 bridgehead atoms. The van der Waals surface area contributed by atoms with Crippen LogP contribution in [0.3, 0.4) is 0 Å². The van der Waals surface area contributed by atoms with Crippen LogP contribution in [0.1, 0.15) is 53.0 Å². The molecule has 0 aliphatic carbocycles. The summed E-state index contributed by atoms with van der Waals surface area (Å²) >= 11 is 0. The highest BCUT2D eigenvalue weighted by Gasteiger charge is 2.22. The van der Waals surface area contributed by atoms with Gasteiger partial charge in [-0.25, -0.2) is 0 Å². The molecule has 2 amide bonds. The van der Waals surface area contributed by atoms with Crippen molar-refractivity contribution < 1.29 is 14.7 Å². The monoisotopic (exact) mass is 488 g/mol. The van der Waals surface area contributed by atoms with E-state index in [4.69, 9.17) is 0 Å². The minimum Gasteiger partial charge on any atom is -0.390 e. The van der Waals surface area contributed by atoms with Crippen molar-refractivity contribution in [2.45, 2.75) is 66.0 Å². The van der Waals surface area contributed by atoms with E-state index in [9.17, 15) is 14.7 Å². The lowest BCUT2D eigenvalue weighted by Gasteiger charge is -2.25. The second kappa shape index (κ2) is 19.9. The summed E-state index contributed by atoms with van der Waals surface area (Å²) in [6.07, 6.45) is 10.0. The molecule has 1 aliphatic heterocycles. The highest BCUT2D eigenvalue weighted by atomic mass is 16.3. The lowest BCUT2D eigenvalue weighted by molar-refractivity contribution is -0.127. The zero-order valence-corrected chi connectivity index (χ0v) is 22.4. The lowest BCUT2D eigenvalue weighted by Crippen LogP contribution is -2.51. The van der Waals surface area contributed by atoms with Gasteiger partial charge in [-0.1, -0.05) is 65.0 Å². The summed E-state index contributed by atoms with van der Waals surface area (Å²) in [7, 11) is 0. The summed E-state index contributed by atoms with van der Waals surface area (Å²) < 4.78 is 0. The van der Waals surface area contributed by atoms with Crippen LogP contribution in [-0.2, 0) is 16.0 Å². The fourth-order valence-corrected chi connectivity index (χ4v) is 3.45. The van der Waals surface area contributed by atoms with Crippen molar-refractivity contribution in [2.75, 3.05) is 39.3 Å². The Kier molecular flexibility index (Phi) is 18.5. The van der Waals surface area contributed by atoms with Gasteiger partial charge in [-0.3, -0.25) is 14.5 Å². The van der Waals surface area contributed by atoms with E-state index in [1.165, 1.54) is 0 Å². The number of benzene rings is 1. The maximum absolute atomic E-state index is 12.4. The molecule has 0 aromatic heterocycles. The number of hydrogen-bond acceptors (Lipinski definition) is 5. The molecule has 2 rings (SSSR count). The Morgan fingerprint density at radius 3 is 2.09 bits per heavy atom. The van der Waals surface area contributed by atoms with Gasteiger partial charge in [0, 0.05) is 6.54 Å². The van der Waals surface area contributed by atoms with E-state index in [-0.39, 0.29) is 18.4 Å². The number of terminal acetylenes is 1. The molecule has 4 N–H and O–H groups in total. The molecular formula is C28H48N4O3. The molecule has 1 aliphatic rings. The number of hydrogen-bond donors (Lipinski definition) is 4. The molecule has 0 unspecified atom stereocenters. The average molecular weight is 489 g/mol. The highest BCUT2D eigenvalue weighted by molar-refractivity contribution is 5.85. The standard InChI is InChI=1S/C22H36N4O3.C4H10.C2H2/c1-17(2)13-23-14-20(27)19(12-18-8-4-3-5-9-18)25-21(28)15-24-22(29)16-26-10-6-7-11-26;1-4(2)3;1-2/h3-5,8-9,17,19-20,23,27H,6-7,10-16H2,1-2H3,(H,24,29)(H,25,28);4H,1-3H3;1-2H/t19-,20+;;/m0../s1. The van der Waals surface area contributed by atoms with Crippen LogP contribution in [0.5, 0.6) is 0 Å². The number of rotatable bonds is 12. The normalized spacial score (nSPS) is 14.8. The summed E-state index contributed by atoms with van der Waals surface area (Å²) in [5.41, 5.74) is 1.04. The predicted octanol–water partition coefficient (Wildman–Crippen LogP) is 2.44. The molecule has 1 aromatic rings. The van der Waals surface area contributed by atoms with E-state index in [0.29, 0.717) is 25.4 Å². The molecule has 198 valence electrons. The summed E-state index contributed by atoms with van der Waals surface area (Å²) in [6.45, 7) is 14.0. The number of aliphatic hydroxyl groups excluding tert-OH is 1. The molecule has 7 nitrogen and oxygen atoms in total. The zero-order valence-electron chi connectivity index (χ0n) is 22.4. The topological polar surface area (TPSA) is 93.7 Å². The molecule has 0 spiro atoms. The molecule has 0 radical (unpaired) electrons. The predicted molar refractivity (Wildman–Crippen MR) is 145 cm³/mol. The first-order valence-corrected chi connectivity index (χ1v) is 12.7. The Bertz CT molecular complexity index is 698. The van der Waals surface area contributed by atoms with Crippen molar-refractivity contribution in [2.24, 2.45) is 11.8 Å². The van der Waals surface area contributed by atoms with E-state index in [2.05, 4.69) is 68.3 Å².